The van der Waals surface area contributed by atoms with Gasteiger partial charge in [0, 0.05) is 24.0 Å². The number of fused-ring (bicyclic) bond motifs is 1. The van der Waals surface area contributed by atoms with Crippen LogP contribution in [0.3, 0.4) is 0 Å². The highest BCUT2D eigenvalue weighted by atomic mass is 19.1. The summed E-state index contributed by atoms with van der Waals surface area (Å²) >= 11 is 0. The third-order valence-corrected chi connectivity index (χ3v) is 4.38. The van der Waals surface area contributed by atoms with E-state index < -0.39 is 11.8 Å². The Morgan fingerprint density at radius 1 is 1.07 bits per heavy atom. The van der Waals surface area contributed by atoms with Crippen molar-refractivity contribution < 1.29 is 23.8 Å². The first-order valence-corrected chi connectivity index (χ1v) is 8.53. The van der Waals surface area contributed by atoms with Gasteiger partial charge in [-0.25, -0.2) is 18.7 Å². The molecule has 0 saturated carbocycles. The molecule has 144 valence electrons. The molecule has 0 spiro atoms. The lowest BCUT2D eigenvalue weighted by molar-refractivity contribution is 0.0600. The second kappa shape index (κ2) is 7.16. The van der Waals surface area contributed by atoms with Gasteiger partial charge in [0.25, 0.3) is 0 Å². The molecule has 0 aliphatic rings. The Hall–Kier alpha value is -4.07. The Bertz CT molecular complexity index is 1250. The zero-order chi connectivity index (χ0) is 20.5. The molecule has 7 nitrogen and oxygen atoms in total. The average Bonchev–Trinajstić information content (AvgIpc) is 3.17. The monoisotopic (exact) mass is 391 g/mol. The number of phenols is 1. The van der Waals surface area contributed by atoms with Gasteiger partial charge < -0.3 is 9.84 Å². The van der Waals surface area contributed by atoms with Crippen LogP contribution in [0.4, 0.5) is 4.39 Å². The van der Waals surface area contributed by atoms with Crippen LogP contribution in [0.5, 0.6) is 5.75 Å². The van der Waals surface area contributed by atoms with Crippen LogP contribution >= 0.6 is 0 Å². The molecule has 0 atom stereocenters. The van der Waals surface area contributed by atoms with E-state index >= 15 is 0 Å². The lowest BCUT2D eigenvalue weighted by atomic mass is 10.0. The van der Waals surface area contributed by atoms with Gasteiger partial charge in [0.15, 0.2) is 11.4 Å². The van der Waals surface area contributed by atoms with Crippen LogP contribution in [0, 0.1) is 5.82 Å². The summed E-state index contributed by atoms with van der Waals surface area (Å²) < 4.78 is 19.2. The van der Waals surface area contributed by atoms with Crippen molar-refractivity contribution in [3.05, 3.63) is 83.4 Å². The number of aromatic hydroxyl groups is 1. The molecule has 0 aliphatic heterocycles. The van der Waals surface area contributed by atoms with Crippen LogP contribution < -0.4 is 0 Å². The van der Waals surface area contributed by atoms with Crippen molar-refractivity contribution in [2.24, 2.45) is 0 Å². The number of carbonyl (C=O) groups is 2. The highest BCUT2D eigenvalue weighted by molar-refractivity contribution is 6.11. The summed E-state index contributed by atoms with van der Waals surface area (Å²) in [6.45, 7) is 0. The van der Waals surface area contributed by atoms with E-state index in [1.807, 2.05) is 0 Å². The van der Waals surface area contributed by atoms with E-state index in [1.165, 1.54) is 54.4 Å². The quantitative estimate of drug-likeness (QED) is 0.424. The maximum Gasteiger partial charge on any atom is 0.337 e. The van der Waals surface area contributed by atoms with Crippen molar-refractivity contribution in [2.75, 3.05) is 7.11 Å². The molecule has 29 heavy (non-hydrogen) atoms. The van der Waals surface area contributed by atoms with E-state index in [-0.39, 0.29) is 28.3 Å². The van der Waals surface area contributed by atoms with Gasteiger partial charge in [0.2, 0.25) is 0 Å². The lowest BCUT2D eigenvalue weighted by Gasteiger charge is -2.06. The standard InChI is InChI=1S/C21H14FN3O4/c1-29-21(28)13-4-7-18(26)16(8-13)20(27)14-10-23-19-9-17(24-25(19)11-14)12-2-5-15(22)6-3-12/h2-11,26H,1H3. The smallest absolute Gasteiger partial charge is 0.337 e. The fourth-order valence-corrected chi connectivity index (χ4v) is 2.87. The molecule has 8 heteroatoms. The van der Waals surface area contributed by atoms with Crippen molar-refractivity contribution in [3.63, 3.8) is 0 Å². The Balaban J connectivity index is 1.72. The summed E-state index contributed by atoms with van der Waals surface area (Å²) in [5.41, 5.74) is 2.02. The minimum absolute atomic E-state index is 0.0556. The van der Waals surface area contributed by atoms with Gasteiger partial charge in [-0.2, -0.15) is 5.10 Å². The molecule has 0 aliphatic carbocycles. The van der Waals surface area contributed by atoms with Gasteiger partial charge in [-0.05, 0) is 42.5 Å². The van der Waals surface area contributed by atoms with E-state index in [4.69, 9.17) is 0 Å². The van der Waals surface area contributed by atoms with Crippen LogP contribution in [-0.4, -0.2) is 38.6 Å². The Kier molecular flexibility index (Phi) is 4.52. The van der Waals surface area contributed by atoms with Crippen LogP contribution in [0.2, 0.25) is 0 Å². The number of ketones is 1. The minimum Gasteiger partial charge on any atom is -0.507 e. The van der Waals surface area contributed by atoms with Gasteiger partial charge in [-0.3, -0.25) is 4.79 Å². The summed E-state index contributed by atoms with van der Waals surface area (Å²) in [4.78, 5) is 28.8. The first kappa shape index (κ1) is 18.3. The zero-order valence-electron chi connectivity index (χ0n) is 15.2. The van der Waals surface area contributed by atoms with Gasteiger partial charge >= 0.3 is 5.97 Å². The Labute approximate surface area is 164 Å². The molecule has 0 amide bonds. The highest BCUT2D eigenvalue weighted by Gasteiger charge is 2.18. The number of esters is 1. The number of ether oxygens (including phenoxy) is 1. The molecule has 0 saturated heterocycles. The van der Waals surface area contributed by atoms with Gasteiger partial charge in [-0.15, -0.1) is 0 Å². The largest absolute Gasteiger partial charge is 0.507 e. The molecule has 2 heterocycles. The molecule has 4 aromatic rings. The third-order valence-electron chi connectivity index (χ3n) is 4.38. The van der Waals surface area contributed by atoms with Crippen molar-refractivity contribution in [1.82, 2.24) is 14.6 Å². The van der Waals surface area contributed by atoms with Gasteiger partial charge in [-0.1, -0.05) is 0 Å². The van der Waals surface area contributed by atoms with E-state index in [9.17, 15) is 19.1 Å². The van der Waals surface area contributed by atoms with Crippen LogP contribution in [0.1, 0.15) is 26.3 Å². The lowest BCUT2D eigenvalue weighted by Crippen LogP contribution is -2.08. The molecular weight excluding hydrogens is 377 g/mol. The number of halogens is 1. The SMILES string of the molecule is COC(=O)c1ccc(O)c(C(=O)c2cnc3cc(-c4ccc(F)cc4)nn3c2)c1. The van der Waals surface area contributed by atoms with E-state index in [1.54, 1.807) is 18.2 Å². The summed E-state index contributed by atoms with van der Waals surface area (Å²) in [6, 6.07) is 11.4. The zero-order valence-corrected chi connectivity index (χ0v) is 15.2. The number of hydrogen-bond donors (Lipinski definition) is 1. The number of methoxy groups -OCH3 is 1. The fourth-order valence-electron chi connectivity index (χ4n) is 2.87. The molecule has 0 fully saturated rings. The number of aromatic nitrogens is 3. The summed E-state index contributed by atoms with van der Waals surface area (Å²) in [5, 5.41) is 14.4. The van der Waals surface area contributed by atoms with Crippen LogP contribution in [-0.2, 0) is 4.74 Å². The van der Waals surface area contributed by atoms with Crippen molar-refractivity contribution in [2.45, 2.75) is 0 Å². The molecule has 0 unspecified atom stereocenters. The van der Waals surface area contributed by atoms with Crippen LogP contribution in [0.25, 0.3) is 16.9 Å². The number of rotatable bonds is 4. The first-order valence-electron chi connectivity index (χ1n) is 8.53. The normalized spacial score (nSPS) is 10.8. The topological polar surface area (TPSA) is 93.8 Å². The van der Waals surface area contributed by atoms with Gasteiger partial charge in [0.05, 0.1) is 29.5 Å². The molecular formula is C21H14FN3O4. The first-order chi connectivity index (χ1) is 14.0. The second-order valence-corrected chi connectivity index (χ2v) is 6.23. The highest BCUT2D eigenvalue weighted by Crippen LogP contribution is 2.24. The predicted molar refractivity (Wildman–Crippen MR) is 101 cm³/mol. The summed E-state index contributed by atoms with van der Waals surface area (Å²) in [7, 11) is 1.23. The third kappa shape index (κ3) is 3.43. The molecule has 1 N–H and O–H groups in total. The maximum absolute atomic E-state index is 13.1. The minimum atomic E-state index is -0.622. The predicted octanol–water partition coefficient (Wildman–Crippen LogP) is 3.26. The average molecular weight is 391 g/mol. The molecule has 2 aromatic carbocycles. The number of phenolic OH excluding ortho intramolecular Hbond substituents is 1. The van der Waals surface area contributed by atoms with Crippen LogP contribution in [0.15, 0.2) is 60.9 Å². The Morgan fingerprint density at radius 3 is 2.55 bits per heavy atom. The molecule has 0 bridgehead atoms. The molecule has 4 rings (SSSR count). The molecule has 0 radical (unpaired) electrons. The number of benzene rings is 2. The van der Waals surface area contributed by atoms with Gasteiger partial charge in [0.1, 0.15) is 11.6 Å². The Morgan fingerprint density at radius 2 is 1.83 bits per heavy atom. The molecule has 2 aromatic heterocycles. The van der Waals surface area contributed by atoms with E-state index in [0.717, 1.165) is 0 Å². The maximum atomic E-state index is 13.1. The van der Waals surface area contributed by atoms with Crippen molar-refractivity contribution in [1.29, 1.82) is 0 Å². The number of nitrogens with zero attached hydrogens (tertiary/aromatic N) is 3. The fraction of sp³-hybridized carbons (Fsp3) is 0.0476. The summed E-state index contributed by atoms with van der Waals surface area (Å²) in [5.74, 6) is -1.77. The second-order valence-electron chi connectivity index (χ2n) is 6.23. The van der Waals surface area contributed by atoms with E-state index in [0.29, 0.717) is 16.9 Å². The van der Waals surface area contributed by atoms with E-state index in [2.05, 4.69) is 14.8 Å². The number of hydrogen-bond acceptors (Lipinski definition) is 6. The van der Waals surface area contributed by atoms with Crippen molar-refractivity contribution in [3.8, 4) is 17.0 Å². The van der Waals surface area contributed by atoms with Crippen molar-refractivity contribution >= 4 is 17.4 Å². The number of carbonyl (C=O) groups excluding carboxylic acids is 2. The summed E-state index contributed by atoms with van der Waals surface area (Å²) in [6.07, 6.45) is 2.83.